The van der Waals surface area contributed by atoms with Gasteiger partial charge in [0.1, 0.15) is 18.4 Å². The van der Waals surface area contributed by atoms with Gasteiger partial charge in [0.15, 0.2) is 0 Å². The number of nitrogens with one attached hydrogen (secondary N) is 1. The lowest BCUT2D eigenvalue weighted by Crippen LogP contribution is -2.53. The van der Waals surface area contributed by atoms with Crippen LogP contribution >= 0.6 is 11.6 Å². The summed E-state index contributed by atoms with van der Waals surface area (Å²) in [6.07, 6.45) is 5.38. The Bertz CT molecular complexity index is 1140. The van der Waals surface area contributed by atoms with Crippen LogP contribution in [0.3, 0.4) is 0 Å². The van der Waals surface area contributed by atoms with Crippen molar-refractivity contribution in [2.75, 3.05) is 23.7 Å². The van der Waals surface area contributed by atoms with Gasteiger partial charge in [-0.15, -0.1) is 0 Å². The van der Waals surface area contributed by atoms with Gasteiger partial charge < -0.3 is 10.2 Å². The highest BCUT2D eigenvalue weighted by molar-refractivity contribution is 7.92. The molecule has 0 spiro atoms. The van der Waals surface area contributed by atoms with Gasteiger partial charge in [-0.05, 0) is 49.9 Å². The average Bonchev–Trinajstić information content (AvgIpc) is 3.32. The largest absolute Gasteiger partial charge is 0.352 e. The fraction of sp³-hybridized carbons (Fsp3) is 0.440. The van der Waals surface area contributed by atoms with Gasteiger partial charge in [-0.3, -0.25) is 13.9 Å². The van der Waals surface area contributed by atoms with Crippen LogP contribution in [0.5, 0.6) is 0 Å². The summed E-state index contributed by atoms with van der Waals surface area (Å²) in [6.45, 7) is 1.33. The maximum absolute atomic E-state index is 13.7. The van der Waals surface area contributed by atoms with Crippen LogP contribution in [0.15, 0.2) is 48.5 Å². The number of anilines is 1. The Hall–Kier alpha value is -2.65. The van der Waals surface area contributed by atoms with Crippen molar-refractivity contribution in [1.29, 1.82) is 0 Å². The summed E-state index contributed by atoms with van der Waals surface area (Å²) in [5.74, 6) is -1.51. The van der Waals surface area contributed by atoms with Gasteiger partial charge in [-0.2, -0.15) is 0 Å². The Morgan fingerprint density at radius 3 is 2.40 bits per heavy atom. The third-order valence-corrected chi connectivity index (χ3v) is 7.65. The molecule has 1 aliphatic rings. The summed E-state index contributed by atoms with van der Waals surface area (Å²) in [6, 6.07) is 12.3. The first-order chi connectivity index (χ1) is 16.6. The van der Waals surface area contributed by atoms with Gasteiger partial charge in [0.2, 0.25) is 21.8 Å². The van der Waals surface area contributed by atoms with Crippen LogP contribution in [-0.2, 0) is 26.0 Å². The van der Waals surface area contributed by atoms with Crippen molar-refractivity contribution in [1.82, 2.24) is 10.2 Å². The van der Waals surface area contributed by atoms with E-state index in [1.54, 1.807) is 6.92 Å². The van der Waals surface area contributed by atoms with Crippen molar-refractivity contribution in [3.8, 4) is 0 Å². The molecule has 35 heavy (non-hydrogen) atoms. The maximum atomic E-state index is 13.7. The second-order valence-electron chi connectivity index (χ2n) is 8.86. The number of hydrogen-bond donors (Lipinski definition) is 1. The highest BCUT2D eigenvalue weighted by Crippen LogP contribution is 2.25. The molecule has 0 aliphatic heterocycles. The van der Waals surface area contributed by atoms with Crippen LogP contribution in [0.4, 0.5) is 10.1 Å². The van der Waals surface area contributed by atoms with E-state index in [1.807, 2.05) is 30.3 Å². The van der Waals surface area contributed by atoms with Gasteiger partial charge in [0.25, 0.3) is 0 Å². The van der Waals surface area contributed by atoms with Gasteiger partial charge in [-0.25, -0.2) is 12.8 Å². The highest BCUT2D eigenvalue weighted by Gasteiger charge is 2.31. The molecule has 1 atom stereocenters. The number of amides is 2. The molecule has 7 nitrogen and oxygen atoms in total. The lowest BCUT2D eigenvalue weighted by molar-refractivity contribution is -0.139. The van der Waals surface area contributed by atoms with E-state index in [2.05, 4.69) is 5.32 Å². The molecule has 2 aromatic rings. The molecule has 190 valence electrons. The van der Waals surface area contributed by atoms with Crippen molar-refractivity contribution in [3.63, 3.8) is 0 Å². The number of nitrogens with zero attached hydrogens (tertiary/aromatic N) is 2. The predicted octanol–water partition coefficient (Wildman–Crippen LogP) is 3.76. The van der Waals surface area contributed by atoms with Crippen molar-refractivity contribution < 1.29 is 22.4 Å². The molecule has 1 fully saturated rings. The van der Waals surface area contributed by atoms with E-state index >= 15 is 0 Å². The molecule has 0 saturated heterocycles. The van der Waals surface area contributed by atoms with Crippen molar-refractivity contribution in [2.45, 2.75) is 51.1 Å². The van der Waals surface area contributed by atoms with E-state index < -0.39 is 34.3 Å². The van der Waals surface area contributed by atoms with Gasteiger partial charge in [0.05, 0.1) is 17.0 Å². The quantitative estimate of drug-likeness (QED) is 0.513. The first-order valence-corrected chi connectivity index (χ1v) is 13.9. The molecule has 1 N–H and O–H groups in total. The van der Waals surface area contributed by atoms with Crippen LogP contribution in [0.1, 0.15) is 38.2 Å². The lowest BCUT2D eigenvalue weighted by atomic mass is 10.1. The van der Waals surface area contributed by atoms with E-state index in [0.29, 0.717) is 6.42 Å². The second kappa shape index (κ2) is 11.9. The third-order valence-electron chi connectivity index (χ3n) is 6.22. The molecule has 1 aliphatic carbocycles. The zero-order chi connectivity index (χ0) is 25.6. The number of carbonyl (C=O) groups excluding carboxylic acids is 2. The molecule has 1 saturated carbocycles. The van der Waals surface area contributed by atoms with E-state index in [-0.39, 0.29) is 29.2 Å². The topological polar surface area (TPSA) is 86.8 Å². The second-order valence-corrected chi connectivity index (χ2v) is 11.2. The zero-order valence-electron chi connectivity index (χ0n) is 19.9. The maximum Gasteiger partial charge on any atom is 0.244 e. The first-order valence-electron chi connectivity index (χ1n) is 11.6. The molecule has 2 amide bonds. The summed E-state index contributed by atoms with van der Waals surface area (Å²) in [5.41, 5.74) is 1.05. The van der Waals surface area contributed by atoms with Crippen molar-refractivity contribution in [3.05, 3.63) is 64.9 Å². The summed E-state index contributed by atoms with van der Waals surface area (Å²) in [5, 5.41) is 2.76. The minimum atomic E-state index is -3.90. The predicted molar refractivity (Wildman–Crippen MR) is 135 cm³/mol. The molecule has 0 radical (unpaired) electrons. The molecular weight excluding hydrogens is 493 g/mol. The Morgan fingerprint density at radius 1 is 1.14 bits per heavy atom. The molecular formula is C25H31ClFN3O4S. The summed E-state index contributed by atoms with van der Waals surface area (Å²) in [7, 11) is -3.90. The zero-order valence-corrected chi connectivity index (χ0v) is 21.5. The van der Waals surface area contributed by atoms with Gasteiger partial charge >= 0.3 is 0 Å². The van der Waals surface area contributed by atoms with Crippen LogP contribution in [0.2, 0.25) is 5.02 Å². The van der Waals surface area contributed by atoms with Crippen molar-refractivity contribution >= 4 is 39.1 Å². The minimum Gasteiger partial charge on any atom is -0.352 e. The Labute approximate surface area is 211 Å². The standard InChI is InChI=1S/C25H31ClFN3O4S/c1-18(25(32)28-20-10-6-7-11-20)29(15-14-19-8-4-3-5-9-19)24(31)17-30(35(2,33)34)21-12-13-23(27)22(26)16-21/h3-5,8-9,12-13,16,18,20H,6-7,10-11,14-15,17H2,1-2H3,(H,28,32). The number of sulfonamides is 1. The Morgan fingerprint density at radius 2 is 1.80 bits per heavy atom. The molecule has 0 bridgehead atoms. The summed E-state index contributed by atoms with van der Waals surface area (Å²) in [4.78, 5) is 27.9. The molecule has 0 heterocycles. The SMILES string of the molecule is CC(C(=O)NC1CCCC1)N(CCc1ccccc1)C(=O)CN(c1ccc(F)c(Cl)c1)S(C)(=O)=O. The van der Waals surface area contributed by atoms with Crippen LogP contribution in [0, 0.1) is 5.82 Å². The minimum absolute atomic E-state index is 0.0679. The Kier molecular flexibility index (Phi) is 9.13. The van der Waals surface area contributed by atoms with E-state index in [0.717, 1.165) is 53.9 Å². The van der Waals surface area contributed by atoms with Crippen LogP contribution in [0.25, 0.3) is 0 Å². The number of benzene rings is 2. The molecule has 1 unspecified atom stereocenters. The fourth-order valence-electron chi connectivity index (χ4n) is 4.22. The van der Waals surface area contributed by atoms with E-state index in [1.165, 1.54) is 11.0 Å². The third kappa shape index (κ3) is 7.41. The van der Waals surface area contributed by atoms with Crippen LogP contribution < -0.4 is 9.62 Å². The summed E-state index contributed by atoms with van der Waals surface area (Å²) >= 11 is 5.85. The first kappa shape index (κ1) is 26.9. The van der Waals surface area contributed by atoms with Crippen molar-refractivity contribution in [2.24, 2.45) is 0 Å². The van der Waals surface area contributed by atoms with Crippen LogP contribution in [-0.4, -0.2) is 56.6 Å². The summed E-state index contributed by atoms with van der Waals surface area (Å²) < 4.78 is 39.6. The number of rotatable bonds is 10. The Balaban J connectivity index is 1.83. The number of hydrogen-bond acceptors (Lipinski definition) is 4. The fourth-order valence-corrected chi connectivity index (χ4v) is 5.23. The number of halogens is 2. The highest BCUT2D eigenvalue weighted by atomic mass is 35.5. The average molecular weight is 524 g/mol. The molecule has 2 aromatic carbocycles. The van der Waals surface area contributed by atoms with Gasteiger partial charge in [-0.1, -0.05) is 54.8 Å². The normalized spacial score (nSPS) is 15.0. The molecule has 3 rings (SSSR count). The van der Waals surface area contributed by atoms with E-state index in [4.69, 9.17) is 11.6 Å². The molecule has 10 heteroatoms. The van der Waals surface area contributed by atoms with Gasteiger partial charge in [0, 0.05) is 12.6 Å². The molecule has 0 aromatic heterocycles. The number of carbonyl (C=O) groups is 2. The smallest absolute Gasteiger partial charge is 0.244 e. The lowest BCUT2D eigenvalue weighted by Gasteiger charge is -2.32. The monoisotopic (exact) mass is 523 g/mol. The van der Waals surface area contributed by atoms with E-state index in [9.17, 15) is 22.4 Å².